The number of allylic oxidation sites excluding steroid dienone is 1. The maximum absolute atomic E-state index is 6.02. The Morgan fingerprint density at radius 2 is 1.85 bits per heavy atom. The third-order valence-corrected chi connectivity index (χ3v) is 4.05. The van der Waals surface area contributed by atoms with Crippen LogP contribution in [0.3, 0.4) is 0 Å². The van der Waals surface area contributed by atoms with Crippen molar-refractivity contribution in [1.82, 2.24) is 0 Å². The van der Waals surface area contributed by atoms with E-state index < -0.39 is 0 Å². The first-order chi connectivity index (χ1) is 9.90. The molecule has 0 aliphatic carbocycles. The minimum Gasteiger partial charge on any atom is -0.465 e. The minimum absolute atomic E-state index is 0.154. The molecule has 0 aromatic heterocycles. The molecule has 0 spiro atoms. The molecule has 1 atom stereocenters. The normalized spacial score (nSPS) is 19.9. The second-order valence-electron chi connectivity index (χ2n) is 5.33. The van der Waals surface area contributed by atoms with Crippen LogP contribution in [0, 0.1) is 0 Å². The largest absolute Gasteiger partial charge is 0.465 e. The number of hydrogen-bond donors (Lipinski definition) is 0. The molecule has 100 valence electrons. The van der Waals surface area contributed by atoms with E-state index in [1.807, 2.05) is 6.08 Å². The quantitative estimate of drug-likeness (QED) is 0.776. The zero-order valence-electron chi connectivity index (χ0n) is 11.2. The average Bonchev–Trinajstić information content (AvgIpc) is 2.54. The van der Waals surface area contributed by atoms with E-state index >= 15 is 0 Å². The zero-order chi connectivity index (χ0) is 13.4. The van der Waals surface area contributed by atoms with E-state index in [0.717, 1.165) is 18.6 Å². The van der Waals surface area contributed by atoms with Crippen LogP contribution in [-0.4, -0.2) is 0 Å². The first-order valence-electron chi connectivity index (χ1n) is 7.03. The van der Waals surface area contributed by atoms with Gasteiger partial charge in [0, 0.05) is 6.42 Å². The van der Waals surface area contributed by atoms with Gasteiger partial charge in [-0.15, -0.1) is 0 Å². The maximum atomic E-state index is 6.02. The molecule has 0 bridgehead atoms. The lowest BCUT2D eigenvalue weighted by Crippen LogP contribution is -2.15. The second kappa shape index (κ2) is 4.80. The Balaban J connectivity index is 1.63. The van der Waals surface area contributed by atoms with Gasteiger partial charge in [-0.2, -0.15) is 0 Å². The van der Waals surface area contributed by atoms with Crippen molar-refractivity contribution in [2.45, 2.75) is 25.6 Å². The predicted octanol–water partition coefficient (Wildman–Crippen LogP) is 3.95. The Morgan fingerprint density at radius 3 is 2.80 bits per heavy atom. The van der Waals surface area contributed by atoms with Gasteiger partial charge in [0.15, 0.2) is 0 Å². The monoisotopic (exact) mass is 264 g/mol. The molecular weight excluding hydrogens is 248 g/mol. The molecule has 0 fully saturated rings. The van der Waals surface area contributed by atoms with Gasteiger partial charge in [-0.1, -0.05) is 30.3 Å². The fourth-order valence-electron chi connectivity index (χ4n) is 2.93. The first kappa shape index (κ1) is 11.7. The average molecular weight is 264 g/mol. The van der Waals surface area contributed by atoms with Crippen molar-refractivity contribution in [2.24, 2.45) is 0 Å². The fourth-order valence-corrected chi connectivity index (χ4v) is 2.93. The summed E-state index contributed by atoms with van der Waals surface area (Å²) >= 11 is 0. The van der Waals surface area contributed by atoms with E-state index in [4.69, 9.17) is 9.47 Å². The Kier molecular flexibility index (Phi) is 2.82. The van der Waals surface area contributed by atoms with E-state index in [9.17, 15) is 0 Å². The molecule has 2 aliphatic heterocycles. The number of ether oxygens (including phenoxy) is 2. The van der Waals surface area contributed by atoms with Gasteiger partial charge in [0.05, 0.1) is 19.0 Å². The lowest BCUT2D eigenvalue weighted by Gasteiger charge is -2.26. The summed E-state index contributed by atoms with van der Waals surface area (Å²) < 4.78 is 11.5. The van der Waals surface area contributed by atoms with Gasteiger partial charge in [-0.25, -0.2) is 0 Å². The van der Waals surface area contributed by atoms with Crippen molar-refractivity contribution in [3.63, 3.8) is 0 Å². The SMILES string of the molecule is C1=COc2ccc(C3Cc4ccccc4CO3)cc2C1. The van der Waals surface area contributed by atoms with E-state index in [2.05, 4.69) is 42.5 Å². The number of hydrogen-bond acceptors (Lipinski definition) is 2. The van der Waals surface area contributed by atoms with Crippen LogP contribution in [0.25, 0.3) is 0 Å². The maximum Gasteiger partial charge on any atom is 0.130 e. The highest BCUT2D eigenvalue weighted by molar-refractivity contribution is 5.42. The molecule has 0 amide bonds. The van der Waals surface area contributed by atoms with Crippen molar-refractivity contribution in [1.29, 1.82) is 0 Å². The smallest absolute Gasteiger partial charge is 0.130 e. The summed E-state index contributed by atoms with van der Waals surface area (Å²) in [5.74, 6) is 0.965. The lowest BCUT2D eigenvalue weighted by atomic mass is 9.93. The van der Waals surface area contributed by atoms with Gasteiger partial charge in [-0.05, 0) is 46.9 Å². The molecule has 0 radical (unpaired) electrons. The summed E-state index contributed by atoms with van der Waals surface area (Å²) in [4.78, 5) is 0. The van der Waals surface area contributed by atoms with E-state index in [1.54, 1.807) is 6.26 Å². The summed E-state index contributed by atoms with van der Waals surface area (Å²) in [6.45, 7) is 0.703. The third kappa shape index (κ3) is 2.02. The molecule has 2 heterocycles. The summed E-state index contributed by atoms with van der Waals surface area (Å²) in [6.07, 6.45) is 5.84. The highest BCUT2D eigenvalue weighted by atomic mass is 16.5. The van der Waals surface area contributed by atoms with E-state index in [-0.39, 0.29) is 6.10 Å². The van der Waals surface area contributed by atoms with E-state index in [1.165, 1.54) is 22.3 Å². The molecular formula is C18H16O2. The predicted molar refractivity (Wildman–Crippen MR) is 77.6 cm³/mol. The highest BCUT2D eigenvalue weighted by Gasteiger charge is 2.21. The molecule has 2 aromatic carbocycles. The van der Waals surface area contributed by atoms with Gasteiger partial charge in [0.25, 0.3) is 0 Å². The summed E-state index contributed by atoms with van der Waals surface area (Å²) in [5, 5.41) is 0. The molecule has 2 heteroatoms. The van der Waals surface area contributed by atoms with Gasteiger partial charge in [-0.3, -0.25) is 0 Å². The summed E-state index contributed by atoms with van der Waals surface area (Å²) in [5.41, 5.74) is 5.20. The molecule has 0 saturated carbocycles. The topological polar surface area (TPSA) is 18.5 Å². The number of rotatable bonds is 1. The minimum atomic E-state index is 0.154. The zero-order valence-corrected chi connectivity index (χ0v) is 11.2. The van der Waals surface area contributed by atoms with E-state index in [0.29, 0.717) is 6.61 Å². The van der Waals surface area contributed by atoms with Gasteiger partial charge < -0.3 is 9.47 Å². The van der Waals surface area contributed by atoms with Crippen molar-refractivity contribution in [3.05, 3.63) is 77.1 Å². The van der Waals surface area contributed by atoms with Crippen molar-refractivity contribution in [2.75, 3.05) is 0 Å². The Labute approximate surface area is 118 Å². The Morgan fingerprint density at radius 1 is 0.950 bits per heavy atom. The molecule has 0 N–H and O–H groups in total. The van der Waals surface area contributed by atoms with Crippen LogP contribution in [0.1, 0.15) is 28.4 Å². The molecule has 20 heavy (non-hydrogen) atoms. The third-order valence-electron chi connectivity index (χ3n) is 4.05. The molecule has 0 saturated heterocycles. The summed E-state index contributed by atoms with van der Waals surface area (Å²) in [7, 11) is 0. The van der Waals surface area contributed by atoms with Crippen LogP contribution in [0.4, 0.5) is 0 Å². The highest BCUT2D eigenvalue weighted by Crippen LogP contribution is 2.33. The summed E-state index contributed by atoms with van der Waals surface area (Å²) in [6, 6.07) is 14.9. The van der Waals surface area contributed by atoms with Crippen LogP contribution in [0.5, 0.6) is 5.75 Å². The van der Waals surface area contributed by atoms with Crippen LogP contribution >= 0.6 is 0 Å². The fraction of sp³-hybridized carbons (Fsp3) is 0.222. The molecule has 2 aliphatic rings. The van der Waals surface area contributed by atoms with Crippen LogP contribution < -0.4 is 4.74 Å². The first-order valence-corrected chi connectivity index (χ1v) is 7.03. The van der Waals surface area contributed by atoms with Crippen molar-refractivity contribution < 1.29 is 9.47 Å². The van der Waals surface area contributed by atoms with Crippen LogP contribution in [0.2, 0.25) is 0 Å². The molecule has 2 nitrogen and oxygen atoms in total. The van der Waals surface area contributed by atoms with Gasteiger partial charge >= 0.3 is 0 Å². The molecule has 1 unspecified atom stereocenters. The Bertz CT molecular complexity index is 673. The van der Waals surface area contributed by atoms with Crippen molar-refractivity contribution >= 4 is 0 Å². The van der Waals surface area contributed by atoms with Crippen molar-refractivity contribution in [3.8, 4) is 5.75 Å². The van der Waals surface area contributed by atoms with Gasteiger partial charge in [0.2, 0.25) is 0 Å². The number of benzene rings is 2. The van der Waals surface area contributed by atoms with Gasteiger partial charge in [0.1, 0.15) is 5.75 Å². The number of fused-ring (bicyclic) bond motifs is 2. The second-order valence-corrected chi connectivity index (χ2v) is 5.33. The van der Waals surface area contributed by atoms with Crippen LogP contribution in [0.15, 0.2) is 54.8 Å². The van der Waals surface area contributed by atoms with Crippen LogP contribution in [-0.2, 0) is 24.2 Å². The standard InChI is InChI=1S/C18H16O2/c1-2-5-16-12-20-18(11-13(16)4-1)15-7-8-17-14(10-15)6-3-9-19-17/h1-5,7-10,18H,6,11-12H2. The Hall–Kier alpha value is -2.06. The molecule has 4 rings (SSSR count). The lowest BCUT2D eigenvalue weighted by molar-refractivity contribution is 0.0273. The molecule has 2 aromatic rings.